The zero-order valence-electron chi connectivity index (χ0n) is 9.73. The number of benzene rings is 1. The predicted octanol–water partition coefficient (Wildman–Crippen LogP) is 3.24. The molecule has 1 amide bonds. The zero-order valence-corrected chi connectivity index (χ0v) is 12.1. The average Bonchev–Trinajstić information content (AvgIpc) is 2.44. The molecule has 1 heterocycles. The van der Waals surface area contributed by atoms with Crippen LogP contribution in [-0.4, -0.2) is 16.0 Å². The van der Waals surface area contributed by atoms with Crippen LogP contribution in [0.3, 0.4) is 0 Å². The van der Waals surface area contributed by atoms with Crippen molar-refractivity contribution < 1.29 is 9.90 Å². The maximum atomic E-state index is 12.0. The van der Waals surface area contributed by atoms with Crippen molar-refractivity contribution in [3.63, 3.8) is 0 Å². The number of pyridine rings is 1. The molecule has 0 fully saturated rings. The van der Waals surface area contributed by atoms with E-state index in [1.807, 2.05) is 0 Å². The lowest BCUT2D eigenvalue weighted by Gasteiger charge is -2.08. The van der Waals surface area contributed by atoms with Gasteiger partial charge < -0.3 is 10.4 Å². The van der Waals surface area contributed by atoms with E-state index in [2.05, 4.69) is 26.2 Å². The lowest BCUT2D eigenvalue weighted by atomic mass is 10.2. The SMILES string of the molecule is O=C(Nc1cccc(Br)c1Cl)c1ccc(CO)cn1. The molecule has 1 aromatic heterocycles. The summed E-state index contributed by atoms with van der Waals surface area (Å²) in [4.78, 5) is 15.9. The molecule has 0 atom stereocenters. The van der Waals surface area contributed by atoms with Gasteiger partial charge in [0.05, 0.1) is 17.3 Å². The number of carbonyl (C=O) groups is 1. The van der Waals surface area contributed by atoms with E-state index in [4.69, 9.17) is 16.7 Å². The first kappa shape index (κ1) is 14.0. The highest BCUT2D eigenvalue weighted by Gasteiger charge is 2.11. The number of aliphatic hydroxyl groups excluding tert-OH is 1. The van der Waals surface area contributed by atoms with Crippen LogP contribution in [0.15, 0.2) is 41.0 Å². The van der Waals surface area contributed by atoms with Gasteiger partial charge in [-0.1, -0.05) is 23.7 Å². The minimum atomic E-state index is -0.357. The van der Waals surface area contributed by atoms with Gasteiger partial charge in [0.1, 0.15) is 5.69 Å². The lowest BCUT2D eigenvalue weighted by Crippen LogP contribution is -2.14. The first-order valence-corrected chi connectivity index (χ1v) is 6.60. The monoisotopic (exact) mass is 340 g/mol. The summed E-state index contributed by atoms with van der Waals surface area (Å²) in [6.07, 6.45) is 1.46. The van der Waals surface area contributed by atoms with Crippen LogP contribution in [0.5, 0.6) is 0 Å². The summed E-state index contributed by atoms with van der Waals surface area (Å²) in [5.74, 6) is -0.357. The fourth-order valence-electron chi connectivity index (χ4n) is 1.44. The van der Waals surface area contributed by atoms with Crippen molar-refractivity contribution in [2.45, 2.75) is 6.61 Å². The number of amides is 1. The molecule has 19 heavy (non-hydrogen) atoms. The largest absolute Gasteiger partial charge is 0.392 e. The highest BCUT2D eigenvalue weighted by atomic mass is 79.9. The van der Waals surface area contributed by atoms with E-state index in [0.717, 1.165) is 0 Å². The van der Waals surface area contributed by atoms with E-state index >= 15 is 0 Å². The van der Waals surface area contributed by atoms with E-state index in [1.54, 1.807) is 30.3 Å². The Kier molecular flexibility index (Phi) is 4.52. The second-order valence-corrected chi connectivity index (χ2v) is 5.00. The summed E-state index contributed by atoms with van der Waals surface area (Å²) in [5, 5.41) is 12.0. The van der Waals surface area contributed by atoms with Crippen LogP contribution >= 0.6 is 27.5 Å². The second kappa shape index (κ2) is 6.14. The number of carbonyl (C=O) groups excluding carboxylic acids is 1. The van der Waals surface area contributed by atoms with Gasteiger partial charge in [0, 0.05) is 10.7 Å². The van der Waals surface area contributed by atoms with Crippen molar-refractivity contribution in [1.29, 1.82) is 0 Å². The van der Waals surface area contributed by atoms with Crippen LogP contribution in [0.25, 0.3) is 0 Å². The summed E-state index contributed by atoms with van der Waals surface area (Å²) in [6, 6.07) is 8.45. The molecule has 0 unspecified atom stereocenters. The van der Waals surface area contributed by atoms with E-state index in [1.165, 1.54) is 6.20 Å². The highest BCUT2D eigenvalue weighted by Crippen LogP contribution is 2.30. The molecular weight excluding hydrogens is 332 g/mol. The van der Waals surface area contributed by atoms with Crippen molar-refractivity contribution in [2.75, 3.05) is 5.32 Å². The summed E-state index contributed by atoms with van der Waals surface area (Å²) in [6.45, 7) is -0.105. The minimum Gasteiger partial charge on any atom is -0.392 e. The molecule has 1 aromatic carbocycles. The zero-order chi connectivity index (χ0) is 13.8. The molecule has 0 saturated heterocycles. The molecular formula is C13H10BrClN2O2. The molecule has 0 aliphatic heterocycles. The van der Waals surface area contributed by atoms with E-state index in [-0.39, 0.29) is 18.2 Å². The Hall–Kier alpha value is -1.43. The number of anilines is 1. The summed E-state index contributed by atoms with van der Waals surface area (Å²) < 4.78 is 0.704. The van der Waals surface area contributed by atoms with E-state index < -0.39 is 0 Å². The topological polar surface area (TPSA) is 62.2 Å². The minimum absolute atomic E-state index is 0.105. The van der Waals surface area contributed by atoms with Gasteiger partial charge in [0.15, 0.2) is 0 Å². The van der Waals surface area contributed by atoms with Crippen LogP contribution in [0.1, 0.15) is 16.1 Å². The van der Waals surface area contributed by atoms with E-state index in [9.17, 15) is 4.79 Å². The van der Waals surface area contributed by atoms with Gasteiger partial charge in [-0.05, 0) is 39.7 Å². The molecule has 0 saturated carbocycles. The quantitative estimate of drug-likeness (QED) is 0.901. The molecule has 6 heteroatoms. The van der Waals surface area contributed by atoms with Crippen molar-refractivity contribution in [2.24, 2.45) is 0 Å². The number of nitrogens with zero attached hydrogens (tertiary/aromatic N) is 1. The third kappa shape index (κ3) is 3.32. The Balaban J connectivity index is 2.18. The molecule has 98 valence electrons. The third-order valence-corrected chi connectivity index (χ3v) is 3.74. The second-order valence-electron chi connectivity index (χ2n) is 3.77. The summed E-state index contributed by atoms with van der Waals surface area (Å²) in [7, 11) is 0. The van der Waals surface area contributed by atoms with Crippen LogP contribution in [0, 0.1) is 0 Å². The smallest absolute Gasteiger partial charge is 0.274 e. The van der Waals surface area contributed by atoms with Crippen molar-refractivity contribution in [1.82, 2.24) is 4.98 Å². The Morgan fingerprint density at radius 2 is 2.16 bits per heavy atom. The Labute approximate surface area is 123 Å². The lowest BCUT2D eigenvalue weighted by molar-refractivity contribution is 0.102. The number of rotatable bonds is 3. The number of aliphatic hydroxyl groups is 1. The normalized spacial score (nSPS) is 10.3. The molecule has 0 aliphatic rings. The highest BCUT2D eigenvalue weighted by molar-refractivity contribution is 9.10. The van der Waals surface area contributed by atoms with Crippen molar-refractivity contribution >= 4 is 39.1 Å². The van der Waals surface area contributed by atoms with Crippen molar-refractivity contribution in [3.05, 3.63) is 57.3 Å². The van der Waals surface area contributed by atoms with Gasteiger partial charge in [-0.25, -0.2) is 0 Å². The van der Waals surface area contributed by atoms with Gasteiger partial charge in [-0.15, -0.1) is 0 Å². The van der Waals surface area contributed by atoms with Crippen molar-refractivity contribution in [3.8, 4) is 0 Å². The maximum Gasteiger partial charge on any atom is 0.274 e. The van der Waals surface area contributed by atoms with Gasteiger partial charge >= 0.3 is 0 Å². The molecule has 4 nitrogen and oxygen atoms in total. The molecule has 2 rings (SSSR count). The average molecular weight is 342 g/mol. The Morgan fingerprint density at radius 1 is 1.37 bits per heavy atom. The van der Waals surface area contributed by atoms with Gasteiger partial charge in [0.25, 0.3) is 5.91 Å². The van der Waals surface area contributed by atoms with Gasteiger partial charge in [0.2, 0.25) is 0 Å². The standard InChI is InChI=1S/C13H10BrClN2O2/c14-9-2-1-3-10(12(9)15)17-13(19)11-5-4-8(7-18)6-16-11/h1-6,18H,7H2,(H,17,19). The fourth-order valence-corrected chi connectivity index (χ4v) is 1.98. The van der Waals surface area contributed by atoms with Crippen LogP contribution in [-0.2, 0) is 6.61 Å². The number of hydrogen-bond donors (Lipinski definition) is 2. The van der Waals surface area contributed by atoms with Crippen LogP contribution in [0.2, 0.25) is 5.02 Å². The molecule has 0 radical (unpaired) electrons. The number of hydrogen-bond acceptors (Lipinski definition) is 3. The maximum absolute atomic E-state index is 12.0. The van der Waals surface area contributed by atoms with Crippen LogP contribution < -0.4 is 5.32 Å². The van der Waals surface area contributed by atoms with Gasteiger partial charge in [-0.3, -0.25) is 9.78 Å². The molecule has 0 aliphatic carbocycles. The third-order valence-electron chi connectivity index (χ3n) is 2.44. The molecule has 0 bridgehead atoms. The molecule has 0 spiro atoms. The van der Waals surface area contributed by atoms with Gasteiger partial charge in [-0.2, -0.15) is 0 Å². The number of halogens is 2. The van der Waals surface area contributed by atoms with Crippen LogP contribution in [0.4, 0.5) is 5.69 Å². The molecule has 2 N–H and O–H groups in total. The summed E-state index contributed by atoms with van der Waals surface area (Å²) >= 11 is 9.34. The van der Waals surface area contributed by atoms with E-state index in [0.29, 0.717) is 20.7 Å². The number of aromatic nitrogens is 1. The first-order valence-electron chi connectivity index (χ1n) is 5.43. The Morgan fingerprint density at radius 3 is 2.79 bits per heavy atom. The number of nitrogens with one attached hydrogen (secondary N) is 1. The fraction of sp³-hybridized carbons (Fsp3) is 0.0769. The Bertz CT molecular complexity index is 602. The predicted molar refractivity (Wildman–Crippen MR) is 77.3 cm³/mol. The summed E-state index contributed by atoms with van der Waals surface area (Å²) in [5.41, 5.74) is 1.42. The molecule has 2 aromatic rings. The first-order chi connectivity index (χ1) is 9.11.